The van der Waals surface area contributed by atoms with Gasteiger partial charge in [-0.1, -0.05) is 19.4 Å². The van der Waals surface area contributed by atoms with Gasteiger partial charge in [0.15, 0.2) is 0 Å². The number of rotatable bonds is 12. The van der Waals surface area contributed by atoms with Crippen LogP contribution in [0.2, 0.25) is 0 Å². The molecule has 0 aliphatic carbocycles. The van der Waals surface area contributed by atoms with Gasteiger partial charge in [0, 0.05) is 19.0 Å². The summed E-state index contributed by atoms with van der Waals surface area (Å²) < 4.78 is 9.62. The van der Waals surface area contributed by atoms with Gasteiger partial charge in [0.1, 0.15) is 0 Å². The van der Waals surface area contributed by atoms with Crippen LogP contribution in [0, 0.1) is 0 Å². The molecular weight excluding hydrogens is 276 g/mol. The first kappa shape index (κ1) is 18.9. The number of amides is 1. The number of isocyanates is 1. The van der Waals surface area contributed by atoms with E-state index in [1.54, 1.807) is 0 Å². The first-order valence-electron chi connectivity index (χ1n) is 6.94. The molecule has 0 aromatic heterocycles. The van der Waals surface area contributed by atoms with Crippen molar-refractivity contribution >= 4 is 18.1 Å². The zero-order valence-electron chi connectivity index (χ0n) is 12.1. The van der Waals surface area contributed by atoms with Gasteiger partial charge in [-0.2, -0.15) is 0 Å². The topological polar surface area (TPSA) is 94.1 Å². The minimum atomic E-state index is -0.488. The highest BCUT2D eigenvalue weighted by Crippen LogP contribution is 1.99. The van der Waals surface area contributed by atoms with Gasteiger partial charge in [-0.3, -0.25) is 0 Å². The fraction of sp³-hybridized carbons (Fsp3) is 0.643. The highest BCUT2D eigenvalue weighted by atomic mass is 16.6. The van der Waals surface area contributed by atoms with E-state index in [1.165, 1.54) is 6.08 Å². The van der Waals surface area contributed by atoms with Crippen molar-refractivity contribution in [3.8, 4) is 0 Å². The minimum Gasteiger partial charge on any atom is -0.462 e. The van der Waals surface area contributed by atoms with E-state index in [2.05, 4.69) is 16.9 Å². The first-order valence-corrected chi connectivity index (χ1v) is 6.94. The fourth-order valence-corrected chi connectivity index (χ4v) is 1.41. The number of hydrogen-bond donors (Lipinski definition) is 1. The number of ether oxygens (including phenoxy) is 2. The number of aliphatic imine (C=N–C) groups is 1. The highest BCUT2D eigenvalue weighted by Gasteiger charge is 2.01. The van der Waals surface area contributed by atoms with Crippen LogP contribution < -0.4 is 5.32 Å². The van der Waals surface area contributed by atoms with Crippen LogP contribution in [-0.2, 0) is 19.1 Å². The quantitative estimate of drug-likeness (QED) is 0.195. The first-order chi connectivity index (χ1) is 10.2. The van der Waals surface area contributed by atoms with Crippen LogP contribution in [0.25, 0.3) is 0 Å². The average molecular weight is 298 g/mol. The Bertz CT molecular complexity index is 364. The van der Waals surface area contributed by atoms with Gasteiger partial charge < -0.3 is 14.8 Å². The Morgan fingerprint density at radius 2 is 1.81 bits per heavy atom. The zero-order chi connectivity index (χ0) is 15.8. The maximum absolute atomic E-state index is 11.3. The van der Waals surface area contributed by atoms with Crippen molar-refractivity contribution in [2.45, 2.75) is 32.1 Å². The summed E-state index contributed by atoms with van der Waals surface area (Å²) in [6.45, 7) is 4.71. The van der Waals surface area contributed by atoms with Gasteiger partial charge >= 0.3 is 12.1 Å². The van der Waals surface area contributed by atoms with Gasteiger partial charge in [0.2, 0.25) is 6.08 Å². The summed E-state index contributed by atoms with van der Waals surface area (Å²) in [6.07, 6.45) is 6.15. The van der Waals surface area contributed by atoms with Crippen molar-refractivity contribution in [2.24, 2.45) is 4.99 Å². The van der Waals surface area contributed by atoms with Crippen molar-refractivity contribution < 1.29 is 23.9 Å². The molecule has 0 fully saturated rings. The summed E-state index contributed by atoms with van der Waals surface area (Å²) in [4.78, 5) is 35.2. The number of hydrogen-bond acceptors (Lipinski definition) is 6. The Balaban J connectivity index is 3.29. The second-order valence-corrected chi connectivity index (χ2v) is 4.18. The number of carbonyl (C=O) groups is 2. The molecule has 0 aromatic carbocycles. The molecule has 21 heavy (non-hydrogen) atoms. The molecule has 1 amide bonds. The fourth-order valence-electron chi connectivity index (χ4n) is 1.41. The van der Waals surface area contributed by atoms with Gasteiger partial charge in [0.05, 0.1) is 19.8 Å². The van der Waals surface area contributed by atoms with E-state index in [9.17, 15) is 14.4 Å². The van der Waals surface area contributed by atoms with Crippen molar-refractivity contribution in [1.82, 2.24) is 5.32 Å². The summed E-state index contributed by atoms with van der Waals surface area (Å²) in [5, 5.41) is 2.62. The maximum atomic E-state index is 11.3. The molecule has 0 aliphatic heterocycles. The van der Waals surface area contributed by atoms with Crippen molar-refractivity contribution in [3.63, 3.8) is 0 Å². The summed E-state index contributed by atoms with van der Waals surface area (Å²) in [7, 11) is 0. The maximum Gasteiger partial charge on any atom is 0.407 e. The number of nitrogens with one attached hydrogen (secondary N) is 1. The molecule has 1 N–H and O–H groups in total. The second-order valence-electron chi connectivity index (χ2n) is 4.18. The molecule has 0 radical (unpaired) electrons. The predicted molar refractivity (Wildman–Crippen MR) is 76.6 cm³/mol. The molecule has 0 aromatic rings. The Kier molecular flexibility index (Phi) is 12.8. The SMILES string of the molecule is C=CC(=O)OCCCOC(=O)NCCCCCCN=C=O. The highest BCUT2D eigenvalue weighted by molar-refractivity contribution is 5.81. The second kappa shape index (κ2) is 14.3. The van der Waals surface area contributed by atoms with Gasteiger partial charge in [-0.05, 0) is 12.8 Å². The Morgan fingerprint density at radius 1 is 1.10 bits per heavy atom. The van der Waals surface area contributed by atoms with Crippen LogP contribution in [0.3, 0.4) is 0 Å². The van der Waals surface area contributed by atoms with E-state index in [0.717, 1.165) is 31.8 Å². The smallest absolute Gasteiger partial charge is 0.407 e. The van der Waals surface area contributed by atoms with Gasteiger partial charge in [-0.25, -0.2) is 19.4 Å². The van der Waals surface area contributed by atoms with E-state index >= 15 is 0 Å². The Labute approximate surface area is 124 Å². The molecule has 7 heteroatoms. The average Bonchev–Trinajstić information content (AvgIpc) is 2.49. The van der Waals surface area contributed by atoms with Crippen LogP contribution in [0.15, 0.2) is 17.6 Å². The molecule has 0 aliphatic rings. The monoisotopic (exact) mass is 298 g/mol. The molecule has 0 bridgehead atoms. The Hall–Kier alpha value is -2.14. The molecule has 0 atom stereocenters. The van der Waals surface area contributed by atoms with Crippen molar-refractivity contribution in [3.05, 3.63) is 12.7 Å². The lowest BCUT2D eigenvalue weighted by Gasteiger charge is -2.07. The Morgan fingerprint density at radius 3 is 2.52 bits per heavy atom. The zero-order valence-corrected chi connectivity index (χ0v) is 12.1. The van der Waals surface area contributed by atoms with E-state index in [1.807, 2.05) is 0 Å². The molecule has 118 valence electrons. The predicted octanol–water partition coefficient (Wildman–Crippen LogP) is 1.73. The van der Waals surface area contributed by atoms with E-state index in [-0.39, 0.29) is 13.2 Å². The third kappa shape index (κ3) is 14.1. The summed E-state index contributed by atoms with van der Waals surface area (Å²) >= 11 is 0. The van der Waals surface area contributed by atoms with Crippen molar-refractivity contribution in [1.29, 1.82) is 0 Å². The van der Waals surface area contributed by atoms with Crippen LogP contribution in [0.5, 0.6) is 0 Å². The van der Waals surface area contributed by atoms with Crippen LogP contribution in [-0.4, -0.2) is 44.4 Å². The molecule has 0 saturated heterocycles. The van der Waals surface area contributed by atoms with E-state index < -0.39 is 12.1 Å². The van der Waals surface area contributed by atoms with Crippen LogP contribution >= 0.6 is 0 Å². The summed E-state index contributed by atoms with van der Waals surface area (Å²) in [5.74, 6) is -0.488. The third-order valence-electron chi connectivity index (χ3n) is 2.46. The third-order valence-corrected chi connectivity index (χ3v) is 2.46. The molecular formula is C14H22N2O5. The molecule has 0 spiro atoms. The molecule has 0 heterocycles. The van der Waals surface area contributed by atoms with Gasteiger partial charge in [-0.15, -0.1) is 0 Å². The number of carbonyl (C=O) groups excluding carboxylic acids is 3. The van der Waals surface area contributed by atoms with Crippen LogP contribution in [0.1, 0.15) is 32.1 Å². The lowest BCUT2D eigenvalue weighted by atomic mass is 10.2. The van der Waals surface area contributed by atoms with Crippen molar-refractivity contribution in [2.75, 3.05) is 26.3 Å². The molecule has 0 unspecified atom stereocenters. The van der Waals surface area contributed by atoms with E-state index in [4.69, 9.17) is 9.47 Å². The lowest BCUT2D eigenvalue weighted by molar-refractivity contribution is -0.137. The number of alkyl carbamates (subject to hydrolysis) is 1. The standard InChI is InChI=1S/C14H22N2O5/c1-2-13(18)20-10-7-11-21-14(19)16-9-6-4-3-5-8-15-12-17/h2H,1,3-11H2,(H,16,19). The minimum absolute atomic E-state index is 0.194. The number of esters is 1. The summed E-state index contributed by atoms with van der Waals surface area (Å²) in [6, 6.07) is 0. The van der Waals surface area contributed by atoms with Crippen LogP contribution in [0.4, 0.5) is 4.79 Å². The molecule has 7 nitrogen and oxygen atoms in total. The summed E-state index contributed by atoms with van der Waals surface area (Å²) in [5.41, 5.74) is 0. The largest absolute Gasteiger partial charge is 0.462 e. The normalized spacial score (nSPS) is 9.33. The number of unbranched alkanes of at least 4 members (excludes halogenated alkanes) is 3. The number of nitrogens with zero attached hydrogens (tertiary/aromatic N) is 1. The molecule has 0 rings (SSSR count). The molecule has 0 saturated carbocycles. The lowest BCUT2D eigenvalue weighted by Crippen LogP contribution is -2.26. The van der Waals surface area contributed by atoms with Gasteiger partial charge in [0.25, 0.3) is 0 Å². The van der Waals surface area contributed by atoms with E-state index in [0.29, 0.717) is 19.5 Å².